The van der Waals surface area contributed by atoms with E-state index in [4.69, 9.17) is 5.11 Å². The average molecular weight is 283 g/mol. The van der Waals surface area contributed by atoms with Gasteiger partial charge in [-0.3, -0.25) is 4.79 Å². The fourth-order valence-electron chi connectivity index (χ4n) is 1.71. The number of carboxylic acid groups (broad SMARTS) is 1. The van der Waals surface area contributed by atoms with E-state index in [2.05, 4.69) is 0 Å². The summed E-state index contributed by atoms with van der Waals surface area (Å²) >= 11 is 0. The minimum atomic E-state index is -2.60. The Hall–Kier alpha value is -2.24. The molecular weight excluding hydrogens is 268 g/mol. The lowest BCUT2D eigenvalue weighted by molar-refractivity contribution is -0.131. The van der Waals surface area contributed by atoms with Gasteiger partial charge in [-0.05, 0) is 36.3 Å². The smallest absolute Gasteiger partial charge is 0.328 e. The highest BCUT2D eigenvalue weighted by Gasteiger charge is 2.16. The fraction of sp³-hybridized carbons (Fsp3) is 0.286. The first-order valence-corrected chi connectivity index (χ1v) is 5.86. The molecule has 0 aliphatic heterocycles. The molecule has 1 N–H and O–H groups in total. The van der Waals surface area contributed by atoms with Gasteiger partial charge >= 0.3 is 5.97 Å². The lowest BCUT2D eigenvalue weighted by atomic mass is 10.1. The Morgan fingerprint density at radius 1 is 1.35 bits per heavy atom. The van der Waals surface area contributed by atoms with Crippen molar-refractivity contribution < 1.29 is 23.5 Å². The first kappa shape index (κ1) is 15.8. The highest BCUT2D eigenvalue weighted by atomic mass is 19.3. The third-order valence-corrected chi connectivity index (χ3v) is 2.52. The van der Waals surface area contributed by atoms with Gasteiger partial charge < -0.3 is 10.0 Å². The molecule has 1 aromatic carbocycles. The SMILES string of the molecule is Cc1cc(/C=C/C(=O)O)cc(C(=O)N(C)CC(F)F)c1. The number of carbonyl (C=O) groups excluding carboxylic acids is 1. The van der Waals surface area contributed by atoms with Crippen LogP contribution in [0.5, 0.6) is 0 Å². The summed E-state index contributed by atoms with van der Waals surface area (Å²) in [6, 6.07) is 4.74. The topological polar surface area (TPSA) is 57.6 Å². The van der Waals surface area contributed by atoms with Gasteiger partial charge in [-0.2, -0.15) is 0 Å². The second-order valence-electron chi connectivity index (χ2n) is 4.38. The standard InChI is InChI=1S/C14H15F2NO3/c1-9-5-10(3-4-13(18)19)7-11(6-9)14(20)17(2)8-12(15)16/h3-7,12H,8H2,1-2H3,(H,18,19)/b4-3+. The Bertz CT molecular complexity index is 541. The number of halogens is 2. The van der Waals surface area contributed by atoms with Crippen LogP contribution in [-0.2, 0) is 4.79 Å². The number of nitrogens with zero attached hydrogens (tertiary/aromatic N) is 1. The minimum Gasteiger partial charge on any atom is -0.478 e. The molecule has 1 rings (SSSR count). The highest BCUT2D eigenvalue weighted by Crippen LogP contribution is 2.14. The molecule has 4 nitrogen and oxygen atoms in total. The number of rotatable bonds is 5. The first-order chi connectivity index (χ1) is 9.29. The van der Waals surface area contributed by atoms with Crippen LogP contribution >= 0.6 is 0 Å². The second-order valence-corrected chi connectivity index (χ2v) is 4.38. The van der Waals surface area contributed by atoms with Crippen molar-refractivity contribution in [2.75, 3.05) is 13.6 Å². The van der Waals surface area contributed by atoms with Crippen LogP contribution in [0.1, 0.15) is 21.5 Å². The molecule has 0 aliphatic carbocycles. The van der Waals surface area contributed by atoms with Gasteiger partial charge in [-0.25, -0.2) is 13.6 Å². The summed E-state index contributed by atoms with van der Waals surface area (Å²) in [4.78, 5) is 23.4. The van der Waals surface area contributed by atoms with E-state index in [1.165, 1.54) is 19.2 Å². The van der Waals surface area contributed by atoms with E-state index in [9.17, 15) is 18.4 Å². The van der Waals surface area contributed by atoms with E-state index in [0.717, 1.165) is 16.5 Å². The van der Waals surface area contributed by atoms with E-state index >= 15 is 0 Å². The number of hydrogen-bond acceptors (Lipinski definition) is 2. The monoisotopic (exact) mass is 283 g/mol. The molecule has 6 heteroatoms. The summed E-state index contributed by atoms with van der Waals surface area (Å²) in [5.41, 5.74) is 1.52. The molecule has 20 heavy (non-hydrogen) atoms. The van der Waals surface area contributed by atoms with Gasteiger partial charge in [0.25, 0.3) is 12.3 Å². The van der Waals surface area contributed by atoms with E-state index in [0.29, 0.717) is 5.56 Å². The maximum Gasteiger partial charge on any atom is 0.328 e. The average Bonchev–Trinajstić information content (AvgIpc) is 2.34. The van der Waals surface area contributed by atoms with Crippen molar-refractivity contribution in [2.45, 2.75) is 13.3 Å². The maximum atomic E-state index is 12.3. The molecule has 0 saturated heterocycles. The van der Waals surface area contributed by atoms with E-state index in [1.54, 1.807) is 19.1 Å². The van der Waals surface area contributed by atoms with E-state index in [-0.39, 0.29) is 5.56 Å². The number of carbonyl (C=O) groups is 2. The van der Waals surface area contributed by atoms with E-state index in [1.807, 2.05) is 0 Å². The number of carboxylic acids is 1. The largest absolute Gasteiger partial charge is 0.478 e. The maximum absolute atomic E-state index is 12.3. The highest BCUT2D eigenvalue weighted by molar-refractivity contribution is 5.95. The Labute approximate surface area is 115 Å². The van der Waals surface area contributed by atoms with Crippen LogP contribution < -0.4 is 0 Å². The molecule has 1 aromatic rings. The number of benzene rings is 1. The number of amides is 1. The van der Waals surface area contributed by atoms with Crippen molar-refractivity contribution in [2.24, 2.45) is 0 Å². The van der Waals surface area contributed by atoms with Crippen LogP contribution in [0.4, 0.5) is 8.78 Å². The molecule has 0 spiro atoms. The zero-order valence-corrected chi connectivity index (χ0v) is 11.1. The molecule has 0 aromatic heterocycles. The van der Waals surface area contributed by atoms with Crippen molar-refractivity contribution in [3.63, 3.8) is 0 Å². The summed E-state index contributed by atoms with van der Waals surface area (Å²) in [6.07, 6.45) is -0.300. The quantitative estimate of drug-likeness (QED) is 0.844. The summed E-state index contributed by atoms with van der Waals surface area (Å²) in [5.74, 6) is -1.63. The third kappa shape index (κ3) is 4.79. The van der Waals surface area contributed by atoms with Crippen LogP contribution in [0.25, 0.3) is 6.08 Å². The molecule has 0 fully saturated rings. The molecule has 108 valence electrons. The zero-order chi connectivity index (χ0) is 15.3. The van der Waals surface area contributed by atoms with Gasteiger partial charge in [0.2, 0.25) is 0 Å². The molecule has 0 radical (unpaired) electrons. The first-order valence-electron chi connectivity index (χ1n) is 5.86. The molecule has 0 aliphatic rings. The Balaban J connectivity index is 3.00. The predicted molar refractivity (Wildman–Crippen MR) is 70.8 cm³/mol. The number of aliphatic carboxylic acids is 1. The van der Waals surface area contributed by atoms with Gasteiger partial charge in [0.1, 0.15) is 0 Å². The molecule has 1 amide bonds. The summed E-state index contributed by atoms with van der Waals surface area (Å²) in [6.45, 7) is 1.09. The molecule has 0 unspecified atom stereocenters. The summed E-state index contributed by atoms with van der Waals surface area (Å²) in [7, 11) is 1.30. The van der Waals surface area contributed by atoms with Crippen LogP contribution in [-0.4, -0.2) is 41.9 Å². The van der Waals surface area contributed by atoms with E-state index < -0.39 is 24.8 Å². The van der Waals surface area contributed by atoms with Gasteiger partial charge in [0.05, 0.1) is 6.54 Å². The Morgan fingerprint density at radius 2 is 2.00 bits per heavy atom. The molecular formula is C14H15F2NO3. The number of aryl methyl sites for hydroxylation is 1. The van der Waals surface area contributed by atoms with Gasteiger partial charge in [-0.1, -0.05) is 6.07 Å². The van der Waals surface area contributed by atoms with Crippen molar-refractivity contribution in [3.8, 4) is 0 Å². The van der Waals surface area contributed by atoms with Crippen LogP contribution in [0.3, 0.4) is 0 Å². The molecule has 0 saturated carbocycles. The van der Waals surface area contributed by atoms with Crippen molar-refractivity contribution >= 4 is 18.0 Å². The Kier molecular flexibility index (Phi) is 5.37. The Morgan fingerprint density at radius 3 is 2.55 bits per heavy atom. The predicted octanol–water partition coefficient (Wildman–Crippen LogP) is 2.43. The molecule has 0 atom stereocenters. The molecule has 0 bridgehead atoms. The van der Waals surface area contributed by atoms with Crippen molar-refractivity contribution in [3.05, 3.63) is 41.0 Å². The minimum absolute atomic E-state index is 0.248. The molecule has 0 heterocycles. The summed E-state index contributed by atoms with van der Waals surface area (Å²) < 4.78 is 24.5. The fourth-order valence-corrected chi connectivity index (χ4v) is 1.71. The van der Waals surface area contributed by atoms with Crippen molar-refractivity contribution in [1.82, 2.24) is 4.90 Å². The summed E-state index contributed by atoms with van der Waals surface area (Å²) in [5, 5.41) is 8.56. The van der Waals surface area contributed by atoms with Gasteiger partial charge in [0.15, 0.2) is 0 Å². The van der Waals surface area contributed by atoms with Gasteiger partial charge in [-0.15, -0.1) is 0 Å². The lowest BCUT2D eigenvalue weighted by Crippen LogP contribution is -2.31. The van der Waals surface area contributed by atoms with Crippen LogP contribution in [0.15, 0.2) is 24.3 Å². The van der Waals surface area contributed by atoms with Crippen molar-refractivity contribution in [1.29, 1.82) is 0 Å². The third-order valence-electron chi connectivity index (χ3n) is 2.52. The number of hydrogen-bond donors (Lipinski definition) is 1. The van der Waals surface area contributed by atoms with Crippen LogP contribution in [0.2, 0.25) is 0 Å². The van der Waals surface area contributed by atoms with Crippen LogP contribution in [0, 0.1) is 6.92 Å². The normalized spacial score (nSPS) is 11.1. The van der Waals surface area contributed by atoms with Gasteiger partial charge in [0, 0.05) is 18.7 Å². The zero-order valence-electron chi connectivity index (χ0n) is 11.1. The number of alkyl halides is 2. The second kappa shape index (κ2) is 6.79. The lowest BCUT2D eigenvalue weighted by Gasteiger charge is -2.17.